The van der Waals surface area contributed by atoms with Crippen LogP contribution in [-0.4, -0.2) is 63.1 Å². The third-order valence-electron chi connectivity index (χ3n) is 4.47. The van der Waals surface area contributed by atoms with Crippen LogP contribution in [0.4, 0.5) is 0 Å². The van der Waals surface area contributed by atoms with Crippen molar-refractivity contribution in [1.82, 2.24) is 0 Å². The predicted octanol–water partition coefficient (Wildman–Crippen LogP) is 4.29. The Morgan fingerprint density at radius 2 is 1.43 bits per heavy atom. The van der Waals surface area contributed by atoms with E-state index in [0.29, 0.717) is 45.2 Å². The van der Waals surface area contributed by atoms with Crippen LogP contribution in [0.2, 0.25) is 0 Å². The lowest BCUT2D eigenvalue weighted by molar-refractivity contribution is -0.218. The van der Waals surface area contributed by atoms with E-state index in [0.717, 1.165) is 25.7 Å². The molecule has 0 aliphatic carbocycles. The van der Waals surface area contributed by atoms with Crippen molar-refractivity contribution in [2.24, 2.45) is 0 Å². The van der Waals surface area contributed by atoms with Crippen LogP contribution < -0.4 is 4.74 Å². The third-order valence-corrected chi connectivity index (χ3v) is 4.47. The molecule has 0 saturated heterocycles. The molecule has 0 saturated carbocycles. The van der Waals surface area contributed by atoms with Crippen LogP contribution in [0, 0.1) is 0 Å². The average molecular weight is 427 g/mol. The van der Waals surface area contributed by atoms with Crippen LogP contribution in [0.1, 0.15) is 52.4 Å². The summed E-state index contributed by atoms with van der Waals surface area (Å²) in [6.45, 7) is 7.09. The van der Waals surface area contributed by atoms with Gasteiger partial charge < -0.3 is 28.8 Å². The number of carboxylic acid groups (broad SMARTS) is 1. The maximum Gasteiger partial charge on any atom is 0.377 e. The van der Waals surface area contributed by atoms with E-state index in [2.05, 4.69) is 6.92 Å². The number of benzene rings is 1. The molecule has 0 aromatic heterocycles. The molecule has 7 heteroatoms. The molecule has 1 aromatic rings. The number of carbonyl (C=O) groups is 1. The normalized spacial score (nSPS) is 13.1. The first-order valence-electron chi connectivity index (χ1n) is 11.0. The van der Waals surface area contributed by atoms with Crippen molar-refractivity contribution >= 4 is 5.97 Å². The minimum Gasteiger partial charge on any atom is -0.476 e. The summed E-state index contributed by atoms with van der Waals surface area (Å²) in [7, 11) is 0. The molecule has 0 amide bonds. The smallest absolute Gasteiger partial charge is 0.377 e. The standard InChI is InChI=1S/C23H38O7/c1-3-5-6-7-11-14-23(22(24)25,30-21-12-9-8-10-13-21)29-20-19-28-18-17-27-16-15-26-4-2/h8-10,12-13H,3-7,11,14-20H2,1-2H3,(H,24,25). The topological polar surface area (TPSA) is 83.5 Å². The van der Waals surface area contributed by atoms with Gasteiger partial charge in [-0.25, -0.2) is 4.79 Å². The fourth-order valence-electron chi connectivity index (χ4n) is 2.85. The first kappa shape index (κ1) is 26.4. The Kier molecular flexibility index (Phi) is 15.0. The summed E-state index contributed by atoms with van der Waals surface area (Å²) in [5.41, 5.74) is 0. The summed E-state index contributed by atoms with van der Waals surface area (Å²) in [5, 5.41) is 9.91. The zero-order valence-corrected chi connectivity index (χ0v) is 18.5. The number of aliphatic carboxylic acids is 1. The maximum atomic E-state index is 12.1. The molecular formula is C23H38O7. The van der Waals surface area contributed by atoms with Gasteiger partial charge in [0.2, 0.25) is 0 Å². The largest absolute Gasteiger partial charge is 0.476 e. The zero-order chi connectivity index (χ0) is 21.9. The lowest BCUT2D eigenvalue weighted by atomic mass is 10.1. The molecule has 1 N–H and O–H groups in total. The first-order chi connectivity index (χ1) is 14.6. The molecule has 1 rings (SSSR count). The molecule has 0 fully saturated rings. The molecule has 0 spiro atoms. The van der Waals surface area contributed by atoms with Gasteiger partial charge in [-0.15, -0.1) is 0 Å². The quantitative estimate of drug-likeness (QED) is 0.246. The van der Waals surface area contributed by atoms with E-state index in [-0.39, 0.29) is 19.6 Å². The summed E-state index contributed by atoms with van der Waals surface area (Å²) in [4.78, 5) is 12.1. The molecule has 0 heterocycles. The molecule has 1 aromatic carbocycles. The Morgan fingerprint density at radius 3 is 2.03 bits per heavy atom. The third kappa shape index (κ3) is 11.5. The second kappa shape index (κ2) is 17.1. The minimum absolute atomic E-state index is 0.118. The lowest BCUT2D eigenvalue weighted by Gasteiger charge is -2.30. The van der Waals surface area contributed by atoms with E-state index >= 15 is 0 Å². The van der Waals surface area contributed by atoms with Gasteiger partial charge >= 0.3 is 11.8 Å². The van der Waals surface area contributed by atoms with Crippen LogP contribution >= 0.6 is 0 Å². The minimum atomic E-state index is -1.72. The summed E-state index contributed by atoms with van der Waals surface area (Å²) < 4.78 is 27.6. The predicted molar refractivity (Wildman–Crippen MR) is 115 cm³/mol. The lowest BCUT2D eigenvalue weighted by Crippen LogP contribution is -2.48. The second-order valence-electron chi connectivity index (χ2n) is 6.91. The van der Waals surface area contributed by atoms with Gasteiger partial charge in [-0.2, -0.15) is 0 Å². The van der Waals surface area contributed by atoms with Crippen LogP contribution in [0.25, 0.3) is 0 Å². The van der Waals surface area contributed by atoms with Crippen LogP contribution in [0.5, 0.6) is 5.75 Å². The highest BCUT2D eigenvalue weighted by atomic mass is 16.7. The van der Waals surface area contributed by atoms with Crippen molar-refractivity contribution in [2.75, 3.05) is 46.2 Å². The number of unbranched alkanes of at least 4 members (excludes halogenated alkanes) is 4. The summed E-state index contributed by atoms with van der Waals surface area (Å²) in [5.74, 6) is -2.37. The van der Waals surface area contributed by atoms with Crippen molar-refractivity contribution < 1.29 is 33.6 Å². The molecule has 0 bridgehead atoms. The van der Waals surface area contributed by atoms with Crippen molar-refractivity contribution in [3.05, 3.63) is 30.3 Å². The molecule has 0 radical (unpaired) electrons. The molecule has 7 nitrogen and oxygen atoms in total. The van der Waals surface area contributed by atoms with Crippen molar-refractivity contribution in [2.45, 2.75) is 58.2 Å². The van der Waals surface area contributed by atoms with Gasteiger partial charge in [-0.05, 0) is 25.5 Å². The highest BCUT2D eigenvalue weighted by molar-refractivity contribution is 5.76. The highest BCUT2D eigenvalue weighted by Crippen LogP contribution is 2.26. The number of hydrogen-bond donors (Lipinski definition) is 1. The van der Waals surface area contributed by atoms with E-state index in [4.69, 9.17) is 23.7 Å². The van der Waals surface area contributed by atoms with E-state index in [1.165, 1.54) is 0 Å². The van der Waals surface area contributed by atoms with E-state index in [1.807, 2.05) is 13.0 Å². The van der Waals surface area contributed by atoms with Gasteiger partial charge in [0, 0.05) is 13.0 Å². The van der Waals surface area contributed by atoms with Gasteiger partial charge in [0.05, 0.1) is 39.6 Å². The van der Waals surface area contributed by atoms with Crippen molar-refractivity contribution in [3.63, 3.8) is 0 Å². The van der Waals surface area contributed by atoms with E-state index in [1.54, 1.807) is 24.3 Å². The Morgan fingerprint density at radius 1 is 0.833 bits per heavy atom. The van der Waals surface area contributed by atoms with Crippen LogP contribution in [-0.2, 0) is 23.7 Å². The Bertz CT molecular complexity index is 538. The Labute approximate surface area is 180 Å². The molecule has 1 atom stereocenters. The number of para-hydroxylation sites is 1. The van der Waals surface area contributed by atoms with E-state index < -0.39 is 11.8 Å². The SMILES string of the molecule is CCCCCCCC(OCCOCCOCCOCC)(Oc1ccccc1)C(=O)O. The van der Waals surface area contributed by atoms with Crippen LogP contribution in [0.15, 0.2) is 30.3 Å². The number of carboxylic acids is 1. The van der Waals surface area contributed by atoms with Gasteiger partial charge in [0.15, 0.2) is 0 Å². The van der Waals surface area contributed by atoms with Crippen LogP contribution in [0.3, 0.4) is 0 Å². The summed E-state index contributed by atoms with van der Waals surface area (Å²) in [6, 6.07) is 8.92. The number of hydrogen-bond acceptors (Lipinski definition) is 6. The summed E-state index contributed by atoms with van der Waals surface area (Å²) in [6.07, 6.45) is 5.29. The summed E-state index contributed by atoms with van der Waals surface area (Å²) >= 11 is 0. The molecule has 30 heavy (non-hydrogen) atoms. The molecule has 1 unspecified atom stereocenters. The maximum absolute atomic E-state index is 12.1. The molecule has 0 aliphatic rings. The number of ether oxygens (including phenoxy) is 5. The second-order valence-corrected chi connectivity index (χ2v) is 6.91. The van der Waals surface area contributed by atoms with Gasteiger partial charge in [0.25, 0.3) is 0 Å². The fourth-order valence-corrected chi connectivity index (χ4v) is 2.85. The Balaban J connectivity index is 2.48. The molecular weight excluding hydrogens is 388 g/mol. The number of rotatable bonds is 20. The van der Waals surface area contributed by atoms with Gasteiger partial charge in [-0.1, -0.05) is 50.8 Å². The monoisotopic (exact) mass is 426 g/mol. The van der Waals surface area contributed by atoms with Gasteiger partial charge in [-0.3, -0.25) is 0 Å². The first-order valence-corrected chi connectivity index (χ1v) is 11.0. The molecule has 0 aliphatic heterocycles. The fraction of sp³-hybridized carbons (Fsp3) is 0.696. The molecule has 172 valence electrons. The highest BCUT2D eigenvalue weighted by Gasteiger charge is 2.42. The van der Waals surface area contributed by atoms with Gasteiger partial charge in [0.1, 0.15) is 5.75 Å². The van der Waals surface area contributed by atoms with Crippen molar-refractivity contribution in [1.29, 1.82) is 0 Å². The Hall–Kier alpha value is -1.67. The zero-order valence-electron chi connectivity index (χ0n) is 18.5. The van der Waals surface area contributed by atoms with E-state index in [9.17, 15) is 9.90 Å². The van der Waals surface area contributed by atoms with Crippen molar-refractivity contribution in [3.8, 4) is 5.75 Å². The average Bonchev–Trinajstić information content (AvgIpc) is 2.75.